The molecule has 0 bridgehead atoms. The Morgan fingerprint density at radius 1 is 1.08 bits per heavy atom. The third-order valence-electron chi connectivity index (χ3n) is 8.27. The van der Waals surface area contributed by atoms with E-state index in [1.165, 1.54) is 12.8 Å². The lowest BCUT2D eigenvalue weighted by Gasteiger charge is -2.34. The minimum atomic E-state index is -0.208. The second-order valence-corrected chi connectivity index (χ2v) is 10.7. The van der Waals surface area contributed by atoms with Crippen molar-refractivity contribution >= 4 is 29.0 Å². The summed E-state index contributed by atoms with van der Waals surface area (Å²) < 4.78 is 3.87. The summed E-state index contributed by atoms with van der Waals surface area (Å²) in [4.78, 5) is 36.7. The molecule has 3 aromatic heterocycles. The van der Waals surface area contributed by atoms with E-state index in [0.717, 1.165) is 47.6 Å². The highest BCUT2D eigenvalue weighted by Gasteiger charge is 2.38. The first-order valence-electron chi connectivity index (χ1n) is 13.3. The number of nitrogens with two attached hydrogens (primary N) is 1. The topological polar surface area (TPSA) is 123 Å². The van der Waals surface area contributed by atoms with Gasteiger partial charge in [0.15, 0.2) is 5.82 Å². The highest BCUT2D eigenvalue weighted by molar-refractivity contribution is 6.04. The number of hydrogen-bond acceptors (Lipinski definition) is 6. The van der Waals surface area contributed by atoms with Crippen molar-refractivity contribution in [3.63, 3.8) is 0 Å². The third kappa shape index (κ3) is 3.82. The predicted octanol–water partition coefficient (Wildman–Crippen LogP) is 3.71. The average molecular weight is 511 g/mol. The van der Waals surface area contributed by atoms with Crippen molar-refractivity contribution in [2.45, 2.75) is 56.4 Å². The van der Waals surface area contributed by atoms with E-state index >= 15 is 0 Å². The average Bonchev–Trinajstić information content (AvgIpc) is 3.44. The van der Waals surface area contributed by atoms with Crippen molar-refractivity contribution < 1.29 is 9.59 Å². The van der Waals surface area contributed by atoms with Gasteiger partial charge in [-0.1, -0.05) is 12.1 Å². The number of carbonyl (C=O) groups excluding carboxylic acids is 2. The number of rotatable bonds is 5. The van der Waals surface area contributed by atoms with E-state index in [1.54, 1.807) is 18.3 Å². The minimum absolute atomic E-state index is 0.125. The number of imidazole rings is 1. The van der Waals surface area contributed by atoms with Gasteiger partial charge in [-0.3, -0.25) is 18.7 Å². The van der Waals surface area contributed by atoms with Crippen LogP contribution in [-0.4, -0.2) is 53.5 Å². The Kier molecular flexibility index (Phi) is 5.24. The van der Waals surface area contributed by atoms with Crippen LogP contribution in [0.1, 0.15) is 72.2 Å². The largest absolute Gasteiger partial charge is 0.382 e. The van der Waals surface area contributed by atoms with Gasteiger partial charge in [-0.2, -0.15) is 5.10 Å². The van der Waals surface area contributed by atoms with Crippen LogP contribution in [0.3, 0.4) is 0 Å². The van der Waals surface area contributed by atoms with E-state index in [2.05, 4.69) is 15.4 Å². The molecule has 3 N–H and O–H groups in total. The molecule has 2 saturated heterocycles. The number of nitrogens with one attached hydrogen (secondary N) is 1. The Morgan fingerprint density at radius 2 is 1.87 bits per heavy atom. The minimum Gasteiger partial charge on any atom is -0.382 e. The van der Waals surface area contributed by atoms with Gasteiger partial charge in [0.25, 0.3) is 5.91 Å². The Labute approximate surface area is 219 Å². The molecule has 2 atom stereocenters. The molecule has 3 fully saturated rings. The molecule has 1 saturated carbocycles. The fraction of sp³-hybridized carbons (Fsp3) is 0.393. The number of nitrogen functional groups attached to an aromatic ring is 1. The van der Waals surface area contributed by atoms with E-state index < -0.39 is 0 Å². The zero-order valence-corrected chi connectivity index (χ0v) is 21.3. The van der Waals surface area contributed by atoms with Crippen LogP contribution in [-0.2, 0) is 11.8 Å². The predicted molar refractivity (Wildman–Crippen MR) is 143 cm³/mol. The van der Waals surface area contributed by atoms with E-state index in [-0.39, 0.29) is 17.7 Å². The first kappa shape index (κ1) is 22.9. The van der Waals surface area contributed by atoms with Gasteiger partial charge in [0.2, 0.25) is 5.91 Å². The third-order valence-corrected chi connectivity index (χ3v) is 8.27. The smallest absolute Gasteiger partial charge is 0.256 e. The maximum atomic E-state index is 12.9. The number of piperidine rings is 1. The molecule has 10 heteroatoms. The van der Waals surface area contributed by atoms with Crippen molar-refractivity contribution in [3.05, 3.63) is 59.8 Å². The van der Waals surface area contributed by atoms with Crippen LogP contribution in [0.2, 0.25) is 0 Å². The van der Waals surface area contributed by atoms with Crippen LogP contribution in [0.4, 0.5) is 11.6 Å². The number of hydrogen-bond donors (Lipinski definition) is 2. The van der Waals surface area contributed by atoms with Crippen molar-refractivity contribution in [2.24, 2.45) is 7.05 Å². The van der Waals surface area contributed by atoms with Crippen LogP contribution in [0.25, 0.3) is 16.8 Å². The lowest BCUT2D eigenvalue weighted by Crippen LogP contribution is -2.41. The van der Waals surface area contributed by atoms with Gasteiger partial charge in [0.1, 0.15) is 22.9 Å². The van der Waals surface area contributed by atoms with Crippen molar-refractivity contribution in [3.8, 4) is 11.3 Å². The lowest BCUT2D eigenvalue weighted by molar-refractivity contribution is -0.130. The normalized spacial score (nSPS) is 21.2. The summed E-state index contributed by atoms with van der Waals surface area (Å²) in [5.41, 5.74) is 10.4. The molecule has 2 aliphatic heterocycles. The number of fused-ring (bicyclic) bond motifs is 2. The summed E-state index contributed by atoms with van der Waals surface area (Å²) in [5.74, 6) is 2.57. The first-order chi connectivity index (χ1) is 18.5. The zero-order chi connectivity index (χ0) is 26.0. The summed E-state index contributed by atoms with van der Waals surface area (Å²) in [7, 11) is 1.91. The number of carbonyl (C=O) groups is 2. The van der Waals surface area contributed by atoms with Gasteiger partial charge in [0, 0.05) is 73.2 Å². The zero-order valence-electron chi connectivity index (χ0n) is 21.3. The fourth-order valence-electron chi connectivity index (χ4n) is 6.13. The van der Waals surface area contributed by atoms with Crippen LogP contribution in [0.5, 0.6) is 0 Å². The van der Waals surface area contributed by atoms with Gasteiger partial charge in [-0.25, -0.2) is 9.97 Å². The van der Waals surface area contributed by atoms with Crippen LogP contribution >= 0.6 is 0 Å². The van der Waals surface area contributed by atoms with Crippen LogP contribution < -0.4 is 11.1 Å². The Balaban J connectivity index is 1.17. The molecule has 4 aromatic rings. The summed E-state index contributed by atoms with van der Waals surface area (Å²) in [6, 6.07) is 9.69. The molecule has 38 heavy (non-hydrogen) atoms. The van der Waals surface area contributed by atoms with E-state index in [1.807, 2.05) is 45.4 Å². The summed E-state index contributed by atoms with van der Waals surface area (Å²) in [5, 5.41) is 7.36. The van der Waals surface area contributed by atoms with Crippen molar-refractivity contribution in [1.29, 1.82) is 0 Å². The highest BCUT2D eigenvalue weighted by atomic mass is 16.2. The monoisotopic (exact) mass is 510 g/mol. The molecule has 194 valence electrons. The van der Waals surface area contributed by atoms with Gasteiger partial charge < -0.3 is 16.0 Å². The molecule has 2 amide bonds. The second kappa shape index (κ2) is 8.68. The quantitative estimate of drug-likeness (QED) is 0.422. The standard InChI is InChI=1S/C28H30N8O2/c1-34-21(16-2-3-16)14-22(33-34)31-28(38)18-6-4-17(5-7-18)24-25-26(29)30-12-13-35(25)27(32-24)19-8-9-20-10-11-23(37)36(20)15-19/h4-7,12-14,16,19-20H,2-3,8-11,15H2,1H3,(H2,29,30)(H,31,33,38). The number of benzene rings is 1. The number of anilines is 2. The Bertz CT molecular complexity index is 1570. The molecule has 5 heterocycles. The Morgan fingerprint density at radius 3 is 2.66 bits per heavy atom. The number of nitrogens with zero attached hydrogens (tertiary/aromatic N) is 6. The maximum absolute atomic E-state index is 12.9. The summed E-state index contributed by atoms with van der Waals surface area (Å²) in [6.07, 6.45) is 9.49. The summed E-state index contributed by atoms with van der Waals surface area (Å²) in [6.45, 7) is 0.680. The van der Waals surface area contributed by atoms with Crippen LogP contribution in [0.15, 0.2) is 42.7 Å². The molecule has 0 spiro atoms. The van der Waals surface area contributed by atoms with Gasteiger partial charge in [-0.15, -0.1) is 0 Å². The molecular weight excluding hydrogens is 480 g/mol. The molecule has 3 aliphatic rings. The molecule has 0 radical (unpaired) electrons. The van der Waals surface area contributed by atoms with E-state index in [4.69, 9.17) is 10.7 Å². The van der Waals surface area contributed by atoms with Gasteiger partial charge in [0.05, 0.1) is 0 Å². The molecule has 1 aliphatic carbocycles. The van der Waals surface area contributed by atoms with Crippen molar-refractivity contribution in [1.82, 2.24) is 29.0 Å². The number of aromatic nitrogens is 5. The van der Waals surface area contributed by atoms with E-state index in [9.17, 15) is 9.59 Å². The molecule has 10 nitrogen and oxygen atoms in total. The Hall–Kier alpha value is -4.21. The highest BCUT2D eigenvalue weighted by Crippen LogP contribution is 2.41. The molecule has 1 aromatic carbocycles. The molecule has 7 rings (SSSR count). The molecule has 2 unspecified atom stereocenters. The summed E-state index contributed by atoms with van der Waals surface area (Å²) >= 11 is 0. The SMILES string of the molecule is Cn1nc(NC(=O)c2ccc(-c3nc(C4CCC5CCC(=O)N5C4)n4ccnc(N)c34)cc2)cc1C1CC1. The van der Waals surface area contributed by atoms with Crippen LogP contribution in [0, 0.1) is 0 Å². The number of aryl methyl sites for hydroxylation is 1. The van der Waals surface area contributed by atoms with E-state index in [0.29, 0.717) is 42.1 Å². The number of amides is 2. The fourth-order valence-corrected chi connectivity index (χ4v) is 6.13. The molecular formula is C28H30N8O2. The lowest BCUT2D eigenvalue weighted by atomic mass is 9.92. The van der Waals surface area contributed by atoms with Gasteiger partial charge >= 0.3 is 0 Å². The van der Waals surface area contributed by atoms with Crippen molar-refractivity contribution in [2.75, 3.05) is 17.6 Å². The second-order valence-electron chi connectivity index (χ2n) is 10.7. The maximum Gasteiger partial charge on any atom is 0.256 e. The van der Waals surface area contributed by atoms with Gasteiger partial charge in [-0.05, 0) is 44.2 Å². The first-order valence-corrected chi connectivity index (χ1v) is 13.3.